The molecule has 2 bridgehead atoms. The highest BCUT2D eigenvalue weighted by Crippen LogP contribution is 2.66. The first-order valence-corrected chi connectivity index (χ1v) is 10.1. The number of esters is 1. The predicted molar refractivity (Wildman–Crippen MR) is 97.4 cm³/mol. The van der Waals surface area contributed by atoms with Crippen LogP contribution < -0.4 is 5.32 Å². The number of aliphatic hydroxyl groups excluding tert-OH is 1. The van der Waals surface area contributed by atoms with Crippen molar-refractivity contribution in [3.05, 3.63) is 0 Å². The van der Waals surface area contributed by atoms with Gasteiger partial charge in [-0.15, -0.1) is 11.8 Å². The van der Waals surface area contributed by atoms with Crippen molar-refractivity contribution in [2.75, 3.05) is 19.8 Å². The van der Waals surface area contributed by atoms with Gasteiger partial charge in [-0.05, 0) is 40.5 Å². The number of hydrogen-bond donors (Lipinski definition) is 2. The maximum atomic E-state index is 13.2. The number of nitrogens with zero attached hydrogens (tertiary/aromatic N) is 1. The molecule has 2 amide bonds. The van der Waals surface area contributed by atoms with Gasteiger partial charge in [0, 0.05) is 17.3 Å². The third-order valence-corrected chi connectivity index (χ3v) is 7.40. The molecule has 7 nitrogen and oxygen atoms in total. The van der Waals surface area contributed by atoms with Crippen molar-refractivity contribution >= 4 is 29.5 Å². The molecule has 3 aliphatic heterocycles. The second kappa shape index (κ2) is 6.71. The van der Waals surface area contributed by atoms with Crippen molar-refractivity contribution in [1.82, 2.24) is 10.2 Å². The summed E-state index contributed by atoms with van der Waals surface area (Å²) in [7, 11) is 0. The summed E-state index contributed by atoms with van der Waals surface area (Å²) in [6.07, 6.45) is 1.52. The summed E-state index contributed by atoms with van der Waals surface area (Å²) in [4.78, 5) is 40.3. The van der Waals surface area contributed by atoms with Crippen LogP contribution in [0.4, 0.5) is 0 Å². The summed E-state index contributed by atoms with van der Waals surface area (Å²) in [6.45, 7) is 7.60. The lowest BCUT2D eigenvalue weighted by Gasteiger charge is -2.35. The highest BCUT2D eigenvalue weighted by molar-refractivity contribution is 8.02. The van der Waals surface area contributed by atoms with E-state index in [4.69, 9.17) is 4.74 Å². The van der Waals surface area contributed by atoms with Gasteiger partial charge in [-0.1, -0.05) is 0 Å². The van der Waals surface area contributed by atoms with E-state index in [9.17, 15) is 19.5 Å². The topological polar surface area (TPSA) is 95.9 Å². The average Bonchev–Trinajstić information content (AvgIpc) is 3.14. The van der Waals surface area contributed by atoms with Gasteiger partial charge >= 0.3 is 5.97 Å². The van der Waals surface area contributed by atoms with E-state index >= 15 is 0 Å². The predicted octanol–water partition coefficient (Wildman–Crippen LogP) is 0.548. The van der Waals surface area contributed by atoms with Gasteiger partial charge in [-0.2, -0.15) is 0 Å². The van der Waals surface area contributed by atoms with Crippen LogP contribution in [0.3, 0.4) is 0 Å². The SMILES string of the molecule is CCOC(=O)[C@@H]1[C@@H]2CCC3(S2)C(C(=O)NC(C)(C)C)N(CCO)C(=O)[C@H]13. The van der Waals surface area contributed by atoms with Gasteiger partial charge in [-0.3, -0.25) is 14.4 Å². The van der Waals surface area contributed by atoms with Crippen LogP contribution in [0, 0.1) is 11.8 Å². The van der Waals surface area contributed by atoms with E-state index in [1.54, 1.807) is 18.7 Å². The van der Waals surface area contributed by atoms with E-state index in [1.807, 2.05) is 20.8 Å². The van der Waals surface area contributed by atoms with Crippen LogP contribution in [0.1, 0.15) is 40.5 Å². The van der Waals surface area contributed by atoms with E-state index in [0.29, 0.717) is 0 Å². The van der Waals surface area contributed by atoms with Crippen LogP contribution in [-0.4, -0.2) is 69.1 Å². The van der Waals surface area contributed by atoms with Crippen molar-refractivity contribution in [3.63, 3.8) is 0 Å². The smallest absolute Gasteiger partial charge is 0.310 e. The molecule has 1 spiro atoms. The molecule has 0 radical (unpaired) electrons. The fraction of sp³-hybridized carbons (Fsp3) is 0.833. The molecule has 0 saturated carbocycles. The van der Waals surface area contributed by atoms with Gasteiger partial charge in [0.1, 0.15) is 6.04 Å². The fourth-order valence-electron chi connectivity index (χ4n) is 4.75. The minimum Gasteiger partial charge on any atom is -0.466 e. The first-order chi connectivity index (χ1) is 12.2. The molecule has 3 heterocycles. The molecule has 3 rings (SSSR count). The van der Waals surface area contributed by atoms with Gasteiger partial charge in [0.25, 0.3) is 0 Å². The van der Waals surface area contributed by atoms with E-state index in [2.05, 4.69) is 5.32 Å². The standard InChI is InChI=1S/C18H28N2O5S/c1-5-25-16(24)11-10-6-7-18(26-10)12(11)15(23)20(8-9-21)13(18)14(22)19-17(2,3)4/h10-13,21H,5-9H2,1-4H3,(H,19,22)/t10-,11+,12-,13?,18?/m0/s1. The fourth-order valence-corrected chi connectivity index (χ4v) is 6.95. The van der Waals surface area contributed by atoms with Crippen molar-refractivity contribution in [2.24, 2.45) is 11.8 Å². The first-order valence-electron chi connectivity index (χ1n) is 9.24. The van der Waals surface area contributed by atoms with Crippen LogP contribution in [0.25, 0.3) is 0 Å². The van der Waals surface area contributed by atoms with Crippen LogP contribution in [0.2, 0.25) is 0 Å². The number of β-amino-alcohol motifs (C(OH)–C–C–N with tert-alkyl or cyclic N) is 1. The van der Waals surface area contributed by atoms with Crippen molar-refractivity contribution < 1.29 is 24.2 Å². The van der Waals surface area contributed by atoms with Crippen LogP contribution in [-0.2, 0) is 19.1 Å². The van der Waals surface area contributed by atoms with Gasteiger partial charge < -0.3 is 20.1 Å². The molecular weight excluding hydrogens is 356 g/mol. The molecular formula is C18H28N2O5S. The van der Waals surface area contributed by atoms with Gasteiger partial charge in [0.15, 0.2) is 0 Å². The number of nitrogens with one attached hydrogen (secondary N) is 1. The second-order valence-corrected chi connectivity index (χ2v) is 9.90. The Bertz CT molecular complexity index is 619. The summed E-state index contributed by atoms with van der Waals surface area (Å²) in [5, 5.41) is 12.4. The number of aliphatic hydroxyl groups is 1. The number of carbonyl (C=O) groups is 3. The van der Waals surface area contributed by atoms with Gasteiger partial charge in [0.2, 0.25) is 11.8 Å². The van der Waals surface area contributed by atoms with E-state index < -0.39 is 28.2 Å². The Hall–Kier alpha value is -1.28. The summed E-state index contributed by atoms with van der Waals surface area (Å²) >= 11 is 1.60. The molecule has 8 heteroatoms. The Morgan fingerprint density at radius 2 is 2.12 bits per heavy atom. The zero-order valence-corrected chi connectivity index (χ0v) is 16.6. The van der Waals surface area contributed by atoms with Crippen molar-refractivity contribution in [1.29, 1.82) is 0 Å². The van der Waals surface area contributed by atoms with Crippen LogP contribution in [0.15, 0.2) is 0 Å². The minimum atomic E-state index is -0.666. The molecule has 3 saturated heterocycles. The maximum Gasteiger partial charge on any atom is 0.310 e. The van der Waals surface area contributed by atoms with Crippen LogP contribution in [0.5, 0.6) is 0 Å². The van der Waals surface area contributed by atoms with E-state index in [0.717, 1.165) is 12.8 Å². The molecule has 2 N–H and O–H groups in total. The Labute approximate surface area is 158 Å². The molecule has 3 fully saturated rings. The molecule has 3 aliphatic rings. The Morgan fingerprint density at radius 1 is 1.42 bits per heavy atom. The number of ether oxygens (including phenoxy) is 1. The molecule has 26 heavy (non-hydrogen) atoms. The number of fused-ring (bicyclic) bond motifs is 1. The van der Waals surface area contributed by atoms with E-state index in [-0.39, 0.29) is 42.8 Å². The molecule has 146 valence electrons. The Kier molecular flexibility index (Phi) is 5.03. The molecule has 0 aromatic heterocycles. The molecule has 2 unspecified atom stereocenters. The van der Waals surface area contributed by atoms with Gasteiger partial charge in [0.05, 0.1) is 29.8 Å². The highest BCUT2D eigenvalue weighted by Gasteiger charge is 2.73. The van der Waals surface area contributed by atoms with Crippen molar-refractivity contribution in [2.45, 2.75) is 62.1 Å². The van der Waals surface area contributed by atoms with Crippen molar-refractivity contribution in [3.8, 4) is 0 Å². The van der Waals surface area contributed by atoms with Crippen LogP contribution >= 0.6 is 11.8 Å². The summed E-state index contributed by atoms with van der Waals surface area (Å²) < 4.78 is 4.62. The lowest BCUT2D eigenvalue weighted by molar-refractivity contribution is -0.153. The largest absolute Gasteiger partial charge is 0.466 e. The second-order valence-electron chi connectivity index (χ2n) is 8.30. The summed E-state index contributed by atoms with van der Waals surface area (Å²) in [5.41, 5.74) is -0.429. The monoisotopic (exact) mass is 384 g/mol. The normalized spacial score (nSPS) is 35.6. The average molecular weight is 384 g/mol. The molecule has 5 atom stereocenters. The number of rotatable bonds is 5. The number of amides is 2. The summed E-state index contributed by atoms with van der Waals surface area (Å²) in [5.74, 6) is -1.81. The number of carbonyl (C=O) groups excluding carboxylic acids is 3. The third kappa shape index (κ3) is 2.91. The lowest BCUT2D eigenvalue weighted by Crippen LogP contribution is -2.57. The third-order valence-electron chi connectivity index (χ3n) is 5.45. The minimum absolute atomic E-state index is 0.0178. The zero-order valence-electron chi connectivity index (χ0n) is 15.8. The number of hydrogen-bond acceptors (Lipinski definition) is 6. The van der Waals surface area contributed by atoms with E-state index in [1.165, 1.54) is 4.90 Å². The Morgan fingerprint density at radius 3 is 2.69 bits per heavy atom. The first kappa shape index (κ1) is 19.5. The summed E-state index contributed by atoms with van der Waals surface area (Å²) in [6, 6.07) is -0.666. The quantitative estimate of drug-likeness (QED) is 0.672. The zero-order chi connectivity index (χ0) is 19.3. The Balaban J connectivity index is 1.98. The lowest BCUT2D eigenvalue weighted by atomic mass is 9.71. The number of thioether (sulfide) groups is 1. The number of likely N-dealkylation sites (tertiary alicyclic amines) is 1. The highest BCUT2D eigenvalue weighted by atomic mass is 32.2. The molecule has 0 aliphatic carbocycles. The molecule has 0 aromatic rings. The maximum absolute atomic E-state index is 13.2. The molecule has 0 aromatic carbocycles. The van der Waals surface area contributed by atoms with Gasteiger partial charge in [-0.25, -0.2) is 0 Å².